The number of carbonyl (C=O) groups is 1. The predicted molar refractivity (Wildman–Crippen MR) is 143 cm³/mol. The molecule has 3 rings (SSSR count). The van der Waals surface area contributed by atoms with Crippen LogP contribution in [0, 0.1) is 11.7 Å². The molecule has 34 heavy (non-hydrogen) atoms. The molecular weight excluding hydrogens is 449 g/mol. The summed E-state index contributed by atoms with van der Waals surface area (Å²) >= 11 is 0. The lowest BCUT2D eigenvalue weighted by atomic mass is 9.79. The van der Waals surface area contributed by atoms with Gasteiger partial charge in [0.2, 0.25) is 5.91 Å². The third-order valence-corrected chi connectivity index (χ3v) is 9.24. The maximum atomic E-state index is 13.0. The molecule has 5 nitrogen and oxygen atoms in total. The molecule has 1 saturated carbocycles. The molecular formula is C27H46FN3O2S. The van der Waals surface area contributed by atoms with Crippen LogP contribution in [0.1, 0.15) is 83.6 Å². The van der Waals surface area contributed by atoms with E-state index in [9.17, 15) is 13.4 Å². The molecule has 1 unspecified atom stereocenters. The minimum atomic E-state index is -2.20. The van der Waals surface area contributed by atoms with E-state index in [0.29, 0.717) is 17.8 Å². The maximum Gasteiger partial charge on any atom is 0.219 e. The van der Waals surface area contributed by atoms with Gasteiger partial charge in [0.25, 0.3) is 0 Å². The summed E-state index contributed by atoms with van der Waals surface area (Å²) in [6.45, 7) is 8.44. The number of unbranched alkanes of at least 4 members (excludes halogenated alkanes) is 1. The first-order chi connectivity index (χ1) is 16.2. The van der Waals surface area contributed by atoms with Gasteiger partial charge in [0, 0.05) is 42.3 Å². The largest absolute Gasteiger partial charge is 0.340 e. The first-order valence-electron chi connectivity index (χ1n) is 12.9. The molecule has 1 saturated heterocycles. The number of halogens is 1. The van der Waals surface area contributed by atoms with Gasteiger partial charge in [-0.2, -0.15) is 0 Å². The van der Waals surface area contributed by atoms with Crippen molar-refractivity contribution in [3.63, 3.8) is 0 Å². The normalized spacial score (nSPS) is 23.4. The highest BCUT2D eigenvalue weighted by Crippen LogP contribution is 2.35. The summed E-state index contributed by atoms with van der Waals surface area (Å²) in [4.78, 5) is 13.8. The standard InChI is InChI=1S/C14H29N3O2S.C13H17F/c1-5-6-9-17(13(2)18)14-7-10-16(11-8-14)20(4,19)12-15-3;1-10-5-7-11(8-6-10)12-3-2-4-13(14)9-12/h14-15H,4-12H2,1-3H3;2-4,9-11H,5-8H2,1H3. The number of nitrogens with zero attached hydrogens (tertiary/aromatic N) is 2. The molecule has 2 fully saturated rings. The Hall–Kier alpha value is -1.44. The molecule has 1 aromatic rings. The Bertz CT molecular complexity index is 845. The number of nitrogens with one attached hydrogen (secondary N) is 1. The zero-order valence-electron chi connectivity index (χ0n) is 21.7. The zero-order chi connectivity index (χ0) is 25.1. The molecule has 1 atom stereocenters. The van der Waals surface area contributed by atoms with E-state index in [0.717, 1.165) is 51.2 Å². The van der Waals surface area contributed by atoms with Crippen LogP contribution in [-0.4, -0.2) is 63.8 Å². The van der Waals surface area contributed by atoms with Gasteiger partial charge < -0.3 is 10.2 Å². The Labute approximate surface area is 207 Å². The quantitative estimate of drug-likeness (QED) is 0.515. The van der Waals surface area contributed by atoms with Crippen LogP contribution >= 0.6 is 0 Å². The van der Waals surface area contributed by atoms with Crippen molar-refractivity contribution in [2.24, 2.45) is 5.92 Å². The first kappa shape index (κ1) is 28.8. The van der Waals surface area contributed by atoms with Gasteiger partial charge in [0.05, 0.1) is 5.88 Å². The van der Waals surface area contributed by atoms with E-state index in [1.807, 2.05) is 15.3 Å². The van der Waals surface area contributed by atoms with Crippen LogP contribution in [0.2, 0.25) is 0 Å². The Balaban J connectivity index is 0.000000254. The van der Waals surface area contributed by atoms with E-state index < -0.39 is 9.71 Å². The van der Waals surface area contributed by atoms with Gasteiger partial charge in [0.15, 0.2) is 0 Å². The van der Waals surface area contributed by atoms with Gasteiger partial charge in [-0.3, -0.25) is 9.00 Å². The van der Waals surface area contributed by atoms with Crippen molar-refractivity contribution in [3.8, 4) is 0 Å². The lowest BCUT2D eigenvalue weighted by Crippen LogP contribution is -2.49. The van der Waals surface area contributed by atoms with Gasteiger partial charge in [-0.15, -0.1) is 0 Å². The molecule has 1 aliphatic carbocycles. The molecule has 1 amide bonds. The van der Waals surface area contributed by atoms with Crippen molar-refractivity contribution in [1.29, 1.82) is 0 Å². The summed E-state index contributed by atoms with van der Waals surface area (Å²) in [6, 6.07) is 7.39. The van der Waals surface area contributed by atoms with Crippen LogP contribution in [0.25, 0.3) is 0 Å². The number of piperidine rings is 1. The molecule has 1 N–H and O–H groups in total. The van der Waals surface area contributed by atoms with Crippen LogP contribution in [0.3, 0.4) is 0 Å². The van der Waals surface area contributed by atoms with E-state index in [4.69, 9.17) is 0 Å². The highest BCUT2D eigenvalue weighted by atomic mass is 32.2. The van der Waals surface area contributed by atoms with Crippen molar-refractivity contribution in [2.75, 3.05) is 32.6 Å². The first-order valence-corrected chi connectivity index (χ1v) is 14.8. The second kappa shape index (κ2) is 14.2. The van der Waals surface area contributed by atoms with E-state index in [1.165, 1.54) is 37.3 Å². The topological polar surface area (TPSA) is 52.7 Å². The second-order valence-corrected chi connectivity index (χ2v) is 12.4. The third kappa shape index (κ3) is 8.97. The highest BCUT2D eigenvalue weighted by molar-refractivity contribution is 7.98. The SMILES string of the molecule is C=S(=O)(CNC)N1CCC(N(CCCC)C(C)=O)CC1.CC1CCC(c2cccc(F)c2)CC1. The van der Waals surface area contributed by atoms with Crippen LogP contribution < -0.4 is 5.32 Å². The highest BCUT2D eigenvalue weighted by Gasteiger charge is 2.28. The summed E-state index contributed by atoms with van der Waals surface area (Å²) in [5, 5.41) is 2.94. The Kier molecular flexibility index (Phi) is 12.0. The third-order valence-electron chi connectivity index (χ3n) is 7.20. The molecule has 0 spiro atoms. The van der Waals surface area contributed by atoms with E-state index in [1.54, 1.807) is 20.0 Å². The van der Waals surface area contributed by atoms with Gasteiger partial charge in [-0.05, 0) is 74.6 Å². The summed E-state index contributed by atoms with van der Waals surface area (Å²) in [5.74, 6) is 5.79. The summed E-state index contributed by atoms with van der Waals surface area (Å²) in [5.41, 5.74) is 1.19. The Morgan fingerprint density at radius 2 is 1.85 bits per heavy atom. The minimum absolute atomic E-state index is 0.0962. The van der Waals surface area contributed by atoms with Crippen LogP contribution in [0.5, 0.6) is 0 Å². The van der Waals surface area contributed by atoms with E-state index in [-0.39, 0.29) is 11.7 Å². The second-order valence-electron chi connectivity index (χ2n) is 10.0. The zero-order valence-corrected chi connectivity index (χ0v) is 22.5. The molecule has 7 heteroatoms. The van der Waals surface area contributed by atoms with Crippen molar-refractivity contribution in [2.45, 2.75) is 84.1 Å². The molecule has 1 aromatic carbocycles. The van der Waals surface area contributed by atoms with Crippen molar-refractivity contribution in [1.82, 2.24) is 14.5 Å². The number of hydrogen-bond donors (Lipinski definition) is 1. The maximum absolute atomic E-state index is 13.0. The monoisotopic (exact) mass is 495 g/mol. The average molecular weight is 496 g/mol. The lowest BCUT2D eigenvalue weighted by molar-refractivity contribution is -0.132. The van der Waals surface area contributed by atoms with Crippen LogP contribution in [0.15, 0.2) is 24.3 Å². The Morgan fingerprint density at radius 1 is 1.21 bits per heavy atom. The van der Waals surface area contributed by atoms with Crippen molar-refractivity contribution >= 4 is 21.5 Å². The molecule has 2 aliphatic rings. The molecule has 0 bridgehead atoms. The smallest absolute Gasteiger partial charge is 0.219 e. The van der Waals surface area contributed by atoms with E-state index in [2.05, 4.69) is 31.1 Å². The molecule has 0 aromatic heterocycles. The summed E-state index contributed by atoms with van der Waals surface area (Å²) < 4.78 is 27.4. The summed E-state index contributed by atoms with van der Waals surface area (Å²) in [7, 11) is -0.409. The average Bonchev–Trinajstić information content (AvgIpc) is 2.80. The minimum Gasteiger partial charge on any atom is -0.340 e. The van der Waals surface area contributed by atoms with Gasteiger partial charge in [0.1, 0.15) is 5.82 Å². The molecule has 1 heterocycles. The number of amides is 1. The summed E-state index contributed by atoms with van der Waals surface area (Å²) in [6.07, 6.45) is 8.96. The lowest BCUT2D eigenvalue weighted by Gasteiger charge is -2.39. The van der Waals surface area contributed by atoms with Crippen molar-refractivity contribution < 1.29 is 13.4 Å². The van der Waals surface area contributed by atoms with E-state index >= 15 is 0 Å². The number of hydrogen-bond acceptors (Lipinski definition) is 3. The molecule has 194 valence electrons. The van der Waals surface area contributed by atoms with Gasteiger partial charge in [-0.25, -0.2) is 8.70 Å². The van der Waals surface area contributed by atoms with Crippen LogP contribution in [0.4, 0.5) is 4.39 Å². The number of rotatable bonds is 8. The fourth-order valence-electron chi connectivity index (χ4n) is 5.08. The van der Waals surface area contributed by atoms with Gasteiger partial charge >= 0.3 is 0 Å². The van der Waals surface area contributed by atoms with Gasteiger partial charge in [-0.1, -0.05) is 45.2 Å². The molecule has 1 aliphatic heterocycles. The number of carbonyl (C=O) groups excluding carboxylic acids is 1. The fraction of sp³-hybridized carbons (Fsp3) is 0.704. The number of benzene rings is 1. The predicted octanol–water partition coefficient (Wildman–Crippen LogP) is 5.03. The Morgan fingerprint density at radius 3 is 2.38 bits per heavy atom. The molecule has 0 radical (unpaired) electrons. The van der Waals surface area contributed by atoms with Crippen LogP contribution in [-0.2, 0) is 14.5 Å². The fourth-order valence-corrected chi connectivity index (χ4v) is 6.59. The van der Waals surface area contributed by atoms with Crippen molar-refractivity contribution in [3.05, 3.63) is 35.6 Å².